The van der Waals surface area contributed by atoms with Gasteiger partial charge in [-0.15, -0.1) is 0 Å². The van der Waals surface area contributed by atoms with Crippen LogP contribution in [0.2, 0.25) is 0 Å². The number of rotatable bonds is 9. The van der Waals surface area contributed by atoms with Gasteiger partial charge in [0.25, 0.3) is 0 Å². The highest BCUT2D eigenvalue weighted by Crippen LogP contribution is 2.36. The van der Waals surface area contributed by atoms with E-state index in [9.17, 15) is 0 Å². The average molecular weight is 321 g/mol. The summed E-state index contributed by atoms with van der Waals surface area (Å²) in [5.41, 5.74) is 0. The van der Waals surface area contributed by atoms with E-state index < -0.39 is 0 Å². The van der Waals surface area contributed by atoms with E-state index in [1.165, 1.54) is 0 Å². The molecule has 0 aromatic carbocycles. The van der Waals surface area contributed by atoms with Crippen molar-refractivity contribution >= 4 is 21.6 Å². The zero-order valence-corrected chi connectivity index (χ0v) is 16.8. The zero-order valence-electron chi connectivity index (χ0n) is 15.2. The molecule has 0 bridgehead atoms. The molecule has 122 valence electrons. The Kier molecular flexibility index (Phi) is 9.90. The first kappa shape index (κ1) is 20.6. The van der Waals surface area contributed by atoms with E-state index in [2.05, 4.69) is 79.0 Å². The SMILES string of the molecule is CC(C)N(C(C)C)C(C)SSC(C)N(C(C)C)C(C)C. The van der Waals surface area contributed by atoms with Gasteiger partial charge < -0.3 is 0 Å². The molecule has 0 aliphatic carbocycles. The Balaban J connectivity index is 4.52. The van der Waals surface area contributed by atoms with E-state index in [1.54, 1.807) is 0 Å². The van der Waals surface area contributed by atoms with Crippen LogP contribution in [0.15, 0.2) is 0 Å². The second kappa shape index (κ2) is 9.60. The van der Waals surface area contributed by atoms with Crippen LogP contribution in [0.3, 0.4) is 0 Å². The molecule has 0 aliphatic rings. The predicted octanol–water partition coefficient (Wildman–Crippen LogP) is 5.30. The van der Waals surface area contributed by atoms with Gasteiger partial charge in [-0.2, -0.15) is 0 Å². The minimum atomic E-state index is 0.545. The molecule has 0 aromatic heterocycles. The smallest absolute Gasteiger partial charge is 0.0638 e. The monoisotopic (exact) mass is 320 g/mol. The van der Waals surface area contributed by atoms with E-state index in [4.69, 9.17) is 0 Å². The van der Waals surface area contributed by atoms with Crippen LogP contribution in [0.1, 0.15) is 69.2 Å². The van der Waals surface area contributed by atoms with Gasteiger partial charge in [-0.25, -0.2) is 0 Å². The molecule has 0 fully saturated rings. The molecule has 4 heteroatoms. The average Bonchev–Trinajstić information content (AvgIpc) is 2.23. The van der Waals surface area contributed by atoms with Gasteiger partial charge in [-0.3, -0.25) is 9.80 Å². The van der Waals surface area contributed by atoms with Gasteiger partial charge in [0.2, 0.25) is 0 Å². The molecule has 20 heavy (non-hydrogen) atoms. The Morgan fingerprint density at radius 1 is 0.450 bits per heavy atom. The highest BCUT2D eigenvalue weighted by atomic mass is 33.1. The minimum Gasteiger partial charge on any atom is -0.286 e. The second-order valence-electron chi connectivity index (χ2n) is 6.66. The van der Waals surface area contributed by atoms with Crippen LogP contribution in [0, 0.1) is 0 Å². The van der Waals surface area contributed by atoms with Crippen molar-refractivity contribution in [2.75, 3.05) is 0 Å². The van der Waals surface area contributed by atoms with Crippen LogP contribution in [-0.4, -0.2) is 44.7 Å². The summed E-state index contributed by atoms with van der Waals surface area (Å²) in [5.74, 6) is 0. The van der Waals surface area contributed by atoms with Crippen molar-refractivity contribution in [2.24, 2.45) is 0 Å². The fraction of sp³-hybridized carbons (Fsp3) is 1.00. The van der Waals surface area contributed by atoms with Gasteiger partial charge >= 0.3 is 0 Å². The highest BCUT2D eigenvalue weighted by molar-refractivity contribution is 8.77. The molecule has 2 atom stereocenters. The Bertz CT molecular complexity index is 213. The maximum atomic E-state index is 2.58. The maximum absolute atomic E-state index is 2.58. The molecule has 0 saturated heterocycles. The Labute approximate surface area is 135 Å². The van der Waals surface area contributed by atoms with Crippen LogP contribution in [0.5, 0.6) is 0 Å². The number of hydrogen-bond donors (Lipinski definition) is 0. The molecule has 2 unspecified atom stereocenters. The summed E-state index contributed by atoms with van der Waals surface area (Å²) >= 11 is 0. The van der Waals surface area contributed by atoms with Crippen molar-refractivity contribution in [3.63, 3.8) is 0 Å². The molecule has 0 N–H and O–H groups in total. The molecule has 0 rings (SSSR count). The number of hydrogen-bond acceptors (Lipinski definition) is 4. The third-order valence-electron chi connectivity index (χ3n) is 3.56. The summed E-state index contributed by atoms with van der Waals surface area (Å²) in [4.78, 5) is 5.17. The lowest BCUT2D eigenvalue weighted by Crippen LogP contribution is -2.43. The van der Waals surface area contributed by atoms with Crippen LogP contribution in [-0.2, 0) is 0 Å². The van der Waals surface area contributed by atoms with Crippen LogP contribution < -0.4 is 0 Å². The molecule has 0 aromatic rings. The van der Waals surface area contributed by atoms with E-state index in [0.29, 0.717) is 34.9 Å². The van der Waals surface area contributed by atoms with Gasteiger partial charge in [-0.05, 0) is 69.2 Å². The summed E-state index contributed by atoms with van der Waals surface area (Å²) in [6.45, 7) is 23.0. The lowest BCUT2D eigenvalue weighted by atomic mass is 10.2. The highest BCUT2D eigenvalue weighted by Gasteiger charge is 2.25. The molecule has 0 radical (unpaired) electrons. The third-order valence-corrected chi connectivity index (χ3v) is 6.72. The fourth-order valence-electron chi connectivity index (χ4n) is 3.13. The molecule has 0 amide bonds. The quantitative estimate of drug-likeness (QED) is 0.420. The Morgan fingerprint density at radius 3 is 0.800 bits per heavy atom. The molecule has 0 saturated carbocycles. The Hall–Kier alpha value is 0.620. The minimum absolute atomic E-state index is 0.545. The van der Waals surface area contributed by atoms with Crippen molar-refractivity contribution in [2.45, 2.75) is 104 Å². The summed E-state index contributed by atoms with van der Waals surface area (Å²) in [7, 11) is 4.03. The summed E-state index contributed by atoms with van der Waals surface area (Å²) < 4.78 is 0. The molecular weight excluding hydrogens is 284 g/mol. The lowest BCUT2D eigenvalue weighted by Gasteiger charge is -2.38. The standard InChI is InChI=1S/C16H36N2S2/c1-11(2)17(12(3)4)15(9)19-20-16(10)18(13(5)6)14(7)8/h11-16H,1-10H3. The largest absolute Gasteiger partial charge is 0.286 e. The second-order valence-corrected chi connectivity index (χ2v) is 9.56. The van der Waals surface area contributed by atoms with Gasteiger partial charge in [0.1, 0.15) is 0 Å². The van der Waals surface area contributed by atoms with Crippen LogP contribution in [0.25, 0.3) is 0 Å². The third kappa shape index (κ3) is 6.59. The molecule has 0 spiro atoms. The van der Waals surface area contributed by atoms with Gasteiger partial charge in [0, 0.05) is 24.2 Å². The van der Waals surface area contributed by atoms with E-state index in [-0.39, 0.29) is 0 Å². The summed E-state index contributed by atoms with van der Waals surface area (Å²) in [5, 5.41) is 1.09. The van der Waals surface area contributed by atoms with Crippen molar-refractivity contribution in [3.05, 3.63) is 0 Å². The molecule has 0 aliphatic heterocycles. The Morgan fingerprint density at radius 2 is 0.650 bits per heavy atom. The lowest BCUT2D eigenvalue weighted by molar-refractivity contribution is 0.166. The van der Waals surface area contributed by atoms with Crippen molar-refractivity contribution in [3.8, 4) is 0 Å². The van der Waals surface area contributed by atoms with Gasteiger partial charge in [0.15, 0.2) is 0 Å². The van der Waals surface area contributed by atoms with Gasteiger partial charge in [0.05, 0.1) is 10.7 Å². The fourth-order valence-corrected chi connectivity index (χ4v) is 6.19. The first-order chi connectivity index (χ1) is 9.09. The van der Waals surface area contributed by atoms with E-state index in [0.717, 1.165) is 0 Å². The van der Waals surface area contributed by atoms with E-state index in [1.807, 2.05) is 21.6 Å². The zero-order chi connectivity index (χ0) is 16.0. The molecule has 0 heterocycles. The van der Waals surface area contributed by atoms with E-state index >= 15 is 0 Å². The van der Waals surface area contributed by atoms with Crippen molar-refractivity contribution in [1.82, 2.24) is 9.80 Å². The van der Waals surface area contributed by atoms with Crippen LogP contribution >= 0.6 is 21.6 Å². The maximum Gasteiger partial charge on any atom is 0.0638 e. The van der Waals surface area contributed by atoms with Crippen LogP contribution in [0.4, 0.5) is 0 Å². The van der Waals surface area contributed by atoms with Gasteiger partial charge in [-0.1, -0.05) is 21.6 Å². The number of nitrogens with zero attached hydrogens (tertiary/aromatic N) is 2. The summed E-state index contributed by atoms with van der Waals surface area (Å²) in [6, 6.07) is 2.39. The topological polar surface area (TPSA) is 6.48 Å². The first-order valence-electron chi connectivity index (χ1n) is 7.96. The molecule has 2 nitrogen and oxygen atoms in total. The predicted molar refractivity (Wildman–Crippen MR) is 98.3 cm³/mol. The van der Waals surface area contributed by atoms with Crippen molar-refractivity contribution in [1.29, 1.82) is 0 Å². The normalized spacial score (nSPS) is 16.2. The summed E-state index contributed by atoms with van der Waals surface area (Å²) in [6.07, 6.45) is 0. The molecular formula is C16H36N2S2. The van der Waals surface area contributed by atoms with Crippen molar-refractivity contribution < 1.29 is 0 Å². The first-order valence-corrected chi connectivity index (χ1v) is 10.2.